The average molecular weight is 244 g/mol. The summed E-state index contributed by atoms with van der Waals surface area (Å²) in [5.41, 5.74) is 2.75. The third-order valence-electron chi connectivity index (χ3n) is 2.84. The van der Waals surface area contributed by atoms with E-state index in [1.54, 1.807) is 0 Å². The van der Waals surface area contributed by atoms with Gasteiger partial charge in [-0.3, -0.25) is 4.79 Å². The summed E-state index contributed by atoms with van der Waals surface area (Å²) >= 11 is 0. The highest BCUT2D eigenvalue weighted by molar-refractivity contribution is 5.92. The highest BCUT2D eigenvalue weighted by atomic mass is 16.3. The Morgan fingerprint density at radius 3 is 2.83 bits per heavy atom. The Labute approximate surface area is 106 Å². The molecule has 18 heavy (non-hydrogen) atoms. The minimum Gasteiger partial charge on any atom is -0.448 e. The maximum absolute atomic E-state index is 11.9. The number of aryl methyl sites for hydroxylation is 2. The van der Waals surface area contributed by atoms with E-state index in [9.17, 15) is 4.79 Å². The Kier molecular flexibility index (Phi) is 3.77. The first kappa shape index (κ1) is 12.4. The molecule has 0 aliphatic carbocycles. The summed E-state index contributed by atoms with van der Waals surface area (Å²) in [5.74, 6) is 0.525. The van der Waals surface area contributed by atoms with Gasteiger partial charge in [0.15, 0.2) is 6.39 Å². The van der Waals surface area contributed by atoms with Gasteiger partial charge in [0.05, 0.1) is 12.1 Å². The Bertz CT molecular complexity index is 546. The first-order chi connectivity index (χ1) is 8.70. The molecule has 94 valence electrons. The summed E-state index contributed by atoms with van der Waals surface area (Å²) in [5, 5.41) is 2.90. The van der Waals surface area contributed by atoms with Crippen LogP contribution in [0, 0.1) is 6.92 Å². The van der Waals surface area contributed by atoms with Crippen LogP contribution in [-0.2, 0) is 17.6 Å². The number of hydrogen-bond acceptors (Lipinski definition) is 3. The number of benzene rings is 1. The zero-order valence-electron chi connectivity index (χ0n) is 10.6. The largest absolute Gasteiger partial charge is 0.448 e. The molecule has 0 spiro atoms. The van der Waals surface area contributed by atoms with Gasteiger partial charge >= 0.3 is 0 Å². The summed E-state index contributed by atoms with van der Waals surface area (Å²) in [6.45, 7) is 3.89. The lowest BCUT2D eigenvalue weighted by molar-refractivity contribution is -0.115. The highest BCUT2D eigenvalue weighted by Gasteiger charge is 2.11. The monoisotopic (exact) mass is 244 g/mol. The van der Waals surface area contributed by atoms with Crippen LogP contribution in [0.5, 0.6) is 0 Å². The lowest BCUT2D eigenvalue weighted by Gasteiger charge is -2.08. The molecule has 1 N–H and O–H groups in total. The van der Waals surface area contributed by atoms with Crippen molar-refractivity contribution in [1.29, 1.82) is 0 Å². The fourth-order valence-electron chi connectivity index (χ4n) is 1.79. The normalized spacial score (nSPS) is 10.3. The van der Waals surface area contributed by atoms with Gasteiger partial charge < -0.3 is 9.73 Å². The minimum absolute atomic E-state index is 0.0873. The topological polar surface area (TPSA) is 55.1 Å². The molecule has 0 bridgehead atoms. The number of carbonyl (C=O) groups is 1. The maximum atomic E-state index is 11.9. The standard InChI is InChI=1S/C14H16N2O2/c1-3-11-6-4-5-7-12(11)16-14(17)8-13-10(2)15-9-18-13/h4-7,9H,3,8H2,1-2H3,(H,16,17). The second-order valence-corrected chi connectivity index (χ2v) is 4.10. The van der Waals surface area contributed by atoms with Gasteiger partial charge in [-0.05, 0) is 25.0 Å². The third kappa shape index (κ3) is 2.77. The van der Waals surface area contributed by atoms with E-state index in [0.29, 0.717) is 5.76 Å². The second-order valence-electron chi connectivity index (χ2n) is 4.10. The number of para-hydroxylation sites is 1. The number of nitrogens with one attached hydrogen (secondary N) is 1. The molecule has 0 saturated heterocycles. The lowest BCUT2D eigenvalue weighted by Crippen LogP contribution is -2.15. The zero-order chi connectivity index (χ0) is 13.0. The first-order valence-corrected chi connectivity index (χ1v) is 5.97. The fraction of sp³-hybridized carbons (Fsp3) is 0.286. The molecule has 0 radical (unpaired) electrons. The van der Waals surface area contributed by atoms with Crippen molar-refractivity contribution >= 4 is 11.6 Å². The van der Waals surface area contributed by atoms with Crippen LogP contribution in [0.1, 0.15) is 23.9 Å². The molecule has 0 aliphatic rings. The molecule has 1 amide bonds. The van der Waals surface area contributed by atoms with Crippen molar-refractivity contribution in [2.75, 3.05) is 5.32 Å². The molecule has 0 unspecified atom stereocenters. The van der Waals surface area contributed by atoms with E-state index in [1.807, 2.05) is 31.2 Å². The van der Waals surface area contributed by atoms with E-state index < -0.39 is 0 Å². The van der Waals surface area contributed by atoms with E-state index in [1.165, 1.54) is 6.39 Å². The molecule has 2 aromatic rings. The van der Waals surface area contributed by atoms with Crippen LogP contribution in [0.15, 0.2) is 35.1 Å². The third-order valence-corrected chi connectivity index (χ3v) is 2.84. The fourth-order valence-corrected chi connectivity index (χ4v) is 1.79. The molecule has 1 aromatic carbocycles. The number of oxazole rings is 1. The van der Waals surface area contributed by atoms with Gasteiger partial charge in [-0.1, -0.05) is 25.1 Å². The van der Waals surface area contributed by atoms with Crippen molar-refractivity contribution in [3.8, 4) is 0 Å². The predicted molar refractivity (Wildman–Crippen MR) is 69.4 cm³/mol. The van der Waals surface area contributed by atoms with Gasteiger partial charge in [-0.25, -0.2) is 4.98 Å². The smallest absolute Gasteiger partial charge is 0.232 e. The lowest BCUT2D eigenvalue weighted by atomic mass is 10.1. The van der Waals surface area contributed by atoms with Crippen LogP contribution < -0.4 is 5.32 Å². The van der Waals surface area contributed by atoms with Crippen molar-refractivity contribution in [2.24, 2.45) is 0 Å². The van der Waals surface area contributed by atoms with Gasteiger partial charge in [-0.2, -0.15) is 0 Å². The van der Waals surface area contributed by atoms with Crippen LogP contribution in [0.2, 0.25) is 0 Å². The second kappa shape index (κ2) is 5.49. The van der Waals surface area contributed by atoms with E-state index in [0.717, 1.165) is 23.4 Å². The molecular weight excluding hydrogens is 228 g/mol. The van der Waals surface area contributed by atoms with Crippen molar-refractivity contribution in [2.45, 2.75) is 26.7 Å². The van der Waals surface area contributed by atoms with Gasteiger partial charge in [-0.15, -0.1) is 0 Å². The Morgan fingerprint density at radius 2 is 2.17 bits per heavy atom. The van der Waals surface area contributed by atoms with Crippen molar-refractivity contribution in [3.63, 3.8) is 0 Å². The number of amides is 1. The molecule has 0 aliphatic heterocycles. The van der Waals surface area contributed by atoms with Gasteiger partial charge in [0, 0.05) is 5.69 Å². The highest BCUT2D eigenvalue weighted by Crippen LogP contribution is 2.16. The van der Waals surface area contributed by atoms with Gasteiger partial charge in [0.2, 0.25) is 5.91 Å². The van der Waals surface area contributed by atoms with Crippen molar-refractivity contribution < 1.29 is 9.21 Å². The van der Waals surface area contributed by atoms with Crippen LogP contribution >= 0.6 is 0 Å². The van der Waals surface area contributed by atoms with E-state index in [2.05, 4.69) is 17.2 Å². The molecular formula is C14H16N2O2. The molecule has 0 saturated carbocycles. The zero-order valence-corrected chi connectivity index (χ0v) is 10.6. The summed E-state index contributed by atoms with van der Waals surface area (Å²) in [6, 6.07) is 7.79. The Hall–Kier alpha value is -2.10. The average Bonchev–Trinajstić information content (AvgIpc) is 2.75. The number of aromatic nitrogens is 1. The number of anilines is 1. The van der Waals surface area contributed by atoms with E-state index >= 15 is 0 Å². The first-order valence-electron chi connectivity index (χ1n) is 5.97. The number of carbonyl (C=O) groups excluding carboxylic acids is 1. The molecule has 0 atom stereocenters. The number of hydrogen-bond donors (Lipinski definition) is 1. The molecule has 4 heteroatoms. The summed E-state index contributed by atoms with van der Waals surface area (Å²) in [6.07, 6.45) is 2.46. The Balaban J connectivity index is 2.05. The van der Waals surface area contributed by atoms with Gasteiger partial charge in [0.25, 0.3) is 0 Å². The quantitative estimate of drug-likeness (QED) is 0.899. The Morgan fingerprint density at radius 1 is 1.39 bits per heavy atom. The summed E-state index contributed by atoms with van der Waals surface area (Å²) in [7, 11) is 0. The molecule has 1 heterocycles. The predicted octanol–water partition coefficient (Wildman–Crippen LogP) is 2.73. The van der Waals surface area contributed by atoms with E-state index in [-0.39, 0.29) is 12.3 Å². The van der Waals surface area contributed by atoms with Crippen molar-refractivity contribution in [1.82, 2.24) is 4.98 Å². The van der Waals surface area contributed by atoms with Crippen LogP contribution in [0.4, 0.5) is 5.69 Å². The van der Waals surface area contributed by atoms with E-state index in [4.69, 9.17) is 4.42 Å². The number of rotatable bonds is 4. The SMILES string of the molecule is CCc1ccccc1NC(=O)Cc1ocnc1C. The van der Waals surface area contributed by atoms with Crippen LogP contribution in [-0.4, -0.2) is 10.9 Å². The molecule has 0 fully saturated rings. The summed E-state index contributed by atoms with van der Waals surface area (Å²) in [4.78, 5) is 15.9. The maximum Gasteiger partial charge on any atom is 0.232 e. The molecule has 4 nitrogen and oxygen atoms in total. The molecule has 2 rings (SSSR count). The van der Waals surface area contributed by atoms with Gasteiger partial charge in [0.1, 0.15) is 5.76 Å². The summed E-state index contributed by atoms with van der Waals surface area (Å²) < 4.78 is 5.16. The molecule has 1 aromatic heterocycles. The van der Waals surface area contributed by atoms with Crippen LogP contribution in [0.3, 0.4) is 0 Å². The number of nitrogens with zero attached hydrogens (tertiary/aromatic N) is 1. The van der Waals surface area contributed by atoms with Crippen LogP contribution in [0.25, 0.3) is 0 Å². The van der Waals surface area contributed by atoms with Crippen molar-refractivity contribution in [3.05, 3.63) is 47.7 Å². The minimum atomic E-state index is -0.0873.